The number of para-hydroxylation sites is 1. The van der Waals surface area contributed by atoms with Gasteiger partial charge in [-0.05, 0) is 24.3 Å². The summed E-state index contributed by atoms with van der Waals surface area (Å²) >= 11 is 6.19. The number of ether oxygens (including phenoxy) is 2. The molecule has 9 nitrogen and oxygen atoms in total. The molecule has 1 heterocycles. The number of amides is 1. The topological polar surface area (TPSA) is 106 Å². The van der Waals surface area contributed by atoms with Crippen LogP contribution in [0.1, 0.15) is 21.5 Å². The third-order valence-corrected chi connectivity index (χ3v) is 5.78. The highest BCUT2D eigenvalue weighted by Crippen LogP contribution is 2.25. The second kappa shape index (κ2) is 11.5. The van der Waals surface area contributed by atoms with Gasteiger partial charge in [0.05, 0.1) is 29.9 Å². The van der Waals surface area contributed by atoms with E-state index in [4.69, 9.17) is 21.1 Å². The lowest BCUT2D eigenvalue weighted by Gasteiger charge is -2.29. The molecule has 0 aliphatic carbocycles. The minimum Gasteiger partial charge on any atom is -0.488 e. The first kappa shape index (κ1) is 24.2. The van der Waals surface area contributed by atoms with Crippen LogP contribution >= 0.6 is 11.6 Å². The molecule has 0 unspecified atom stereocenters. The van der Waals surface area contributed by atoms with Gasteiger partial charge in [-0.25, -0.2) is 5.43 Å². The molecule has 1 fully saturated rings. The Balaban J connectivity index is 1.49. The van der Waals surface area contributed by atoms with E-state index in [1.165, 1.54) is 18.3 Å². The highest BCUT2D eigenvalue weighted by atomic mass is 35.5. The maximum absolute atomic E-state index is 12.8. The van der Waals surface area contributed by atoms with Crippen molar-refractivity contribution in [3.05, 3.63) is 98.6 Å². The lowest BCUT2D eigenvalue weighted by molar-refractivity contribution is -0.384. The average molecular weight is 495 g/mol. The first-order valence-corrected chi connectivity index (χ1v) is 11.3. The van der Waals surface area contributed by atoms with Gasteiger partial charge in [0.15, 0.2) is 0 Å². The molecule has 0 bridgehead atoms. The fraction of sp³-hybridized carbons (Fsp3) is 0.200. The molecule has 1 aliphatic rings. The number of nitro groups is 1. The van der Waals surface area contributed by atoms with Crippen molar-refractivity contribution >= 4 is 35.1 Å². The third-order valence-electron chi connectivity index (χ3n) is 5.42. The van der Waals surface area contributed by atoms with Crippen molar-refractivity contribution in [2.24, 2.45) is 5.10 Å². The standard InChI is InChI=1S/C25H23ClN4O5/c26-22-7-3-1-5-18(22)17-35-24-8-4-2-6-21(24)25(31)28-27-16-19-15-20(30(32)33)9-10-23(19)29-11-13-34-14-12-29/h1-10,15-16H,11-14,17H2,(H,28,31)/b27-16+. The Morgan fingerprint density at radius 2 is 1.89 bits per heavy atom. The number of non-ortho nitro benzene ring substituents is 1. The molecular weight excluding hydrogens is 472 g/mol. The summed E-state index contributed by atoms with van der Waals surface area (Å²) in [5.74, 6) is -0.0983. The lowest BCUT2D eigenvalue weighted by Crippen LogP contribution is -2.36. The molecule has 3 aromatic carbocycles. The van der Waals surface area contributed by atoms with Gasteiger partial charge in [0, 0.05) is 47.1 Å². The molecule has 1 aliphatic heterocycles. The number of carbonyl (C=O) groups excluding carboxylic acids is 1. The Morgan fingerprint density at radius 1 is 1.14 bits per heavy atom. The van der Waals surface area contributed by atoms with Gasteiger partial charge in [0.1, 0.15) is 12.4 Å². The molecule has 0 aromatic heterocycles. The van der Waals surface area contributed by atoms with E-state index in [0.29, 0.717) is 48.2 Å². The Morgan fingerprint density at radius 3 is 2.66 bits per heavy atom. The second-order valence-corrected chi connectivity index (χ2v) is 8.08. The molecule has 10 heteroatoms. The van der Waals surface area contributed by atoms with Gasteiger partial charge in [-0.15, -0.1) is 0 Å². The van der Waals surface area contributed by atoms with Crippen molar-refractivity contribution in [3.63, 3.8) is 0 Å². The van der Waals surface area contributed by atoms with E-state index in [1.807, 2.05) is 18.2 Å². The fourth-order valence-electron chi connectivity index (χ4n) is 3.62. The molecule has 35 heavy (non-hydrogen) atoms. The summed E-state index contributed by atoms with van der Waals surface area (Å²) in [7, 11) is 0. The van der Waals surface area contributed by atoms with Crippen LogP contribution in [0.15, 0.2) is 71.8 Å². The van der Waals surface area contributed by atoms with Crippen LogP contribution in [0, 0.1) is 10.1 Å². The number of nitro benzene ring substituents is 1. The number of hydrogen-bond acceptors (Lipinski definition) is 7. The van der Waals surface area contributed by atoms with Gasteiger partial charge in [-0.2, -0.15) is 5.10 Å². The van der Waals surface area contributed by atoms with Crippen LogP contribution in [-0.2, 0) is 11.3 Å². The number of rotatable bonds is 8. The van der Waals surface area contributed by atoms with Crippen molar-refractivity contribution in [2.75, 3.05) is 31.2 Å². The highest BCUT2D eigenvalue weighted by Gasteiger charge is 2.18. The molecule has 0 radical (unpaired) electrons. The summed E-state index contributed by atoms with van der Waals surface area (Å²) in [5, 5.41) is 15.9. The smallest absolute Gasteiger partial charge is 0.275 e. The van der Waals surface area contributed by atoms with Gasteiger partial charge in [-0.3, -0.25) is 14.9 Å². The lowest BCUT2D eigenvalue weighted by atomic mass is 10.1. The number of nitrogens with one attached hydrogen (secondary N) is 1. The largest absolute Gasteiger partial charge is 0.488 e. The average Bonchev–Trinajstić information content (AvgIpc) is 2.88. The minimum atomic E-state index is -0.477. The van der Waals surface area contributed by atoms with Crippen LogP contribution in [0.5, 0.6) is 5.75 Å². The molecular formula is C25H23ClN4O5. The summed E-state index contributed by atoms with van der Waals surface area (Å²) < 4.78 is 11.2. The zero-order chi connectivity index (χ0) is 24.6. The van der Waals surface area contributed by atoms with E-state index in [9.17, 15) is 14.9 Å². The Hall–Kier alpha value is -3.95. The van der Waals surface area contributed by atoms with E-state index in [2.05, 4.69) is 15.4 Å². The number of carbonyl (C=O) groups is 1. The zero-order valence-corrected chi connectivity index (χ0v) is 19.5. The van der Waals surface area contributed by atoms with E-state index in [-0.39, 0.29) is 12.3 Å². The summed E-state index contributed by atoms with van der Waals surface area (Å²) in [4.78, 5) is 25.7. The van der Waals surface area contributed by atoms with Gasteiger partial charge < -0.3 is 14.4 Å². The van der Waals surface area contributed by atoms with E-state index in [1.54, 1.807) is 36.4 Å². The van der Waals surface area contributed by atoms with Crippen LogP contribution < -0.4 is 15.1 Å². The molecule has 0 atom stereocenters. The van der Waals surface area contributed by atoms with Crippen molar-refractivity contribution in [3.8, 4) is 5.75 Å². The Labute approximate surface area is 207 Å². The van der Waals surface area contributed by atoms with Crippen LogP contribution in [0.4, 0.5) is 11.4 Å². The number of nitrogens with zero attached hydrogens (tertiary/aromatic N) is 3. The maximum Gasteiger partial charge on any atom is 0.275 e. The summed E-state index contributed by atoms with van der Waals surface area (Å²) in [5.41, 5.74) is 4.81. The predicted molar refractivity (Wildman–Crippen MR) is 133 cm³/mol. The van der Waals surface area contributed by atoms with Crippen molar-refractivity contribution in [1.29, 1.82) is 0 Å². The third kappa shape index (κ3) is 6.14. The number of anilines is 1. The molecule has 1 amide bonds. The molecule has 3 aromatic rings. The first-order chi connectivity index (χ1) is 17.0. The number of morpholine rings is 1. The van der Waals surface area contributed by atoms with E-state index in [0.717, 1.165) is 11.3 Å². The zero-order valence-electron chi connectivity index (χ0n) is 18.7. The fourth-order valence-corrected chi connectivity index (χ4v) is 3.81. The number of hydrogen-bond donors (Lipinski definition) is 1. The molecule has 1 saturated heterocycles. The molecule has 4 rings (SSSR count). The SMILES string of the molecule is O=C(N/N=C/c1cc([N+](=O)[O-])ccc1N1CCOCC1)c1ccccc1OCc1ccccc1Cl. The van der Waals surface area contributed by atoms with Crippen LogP contribution in [0.2, 0.25) is 5.02 Å². The van der Waals surface area contributed by atoms with Gasteiger partial charge in [0.2, 0.25) is 0 Å². The summed E-state index contributed by atoms with van der Waals surface area (Å²) in [6, 6.07) is 18.7. The van der Waals surface area contributed by atoms with Crippen molar-refractivity contribution < 1.29 is 19.2 Å². The van der Waals surface area contributed by atoms with Crippen molar-refractivity contribution in [1.82, 2.24) is 5.43 Å². The van der Waals surface area contributed by atoms with Crippen LogP contribution in [0.25, 0.3) is 0 Å². The Kier molecular flexibility index (Phi) is 7.92. The molecule has 180 valence electrons. The van der Waals surface area contributed by atoms with Gasteiger partial charge >= 0.3 is 0 Å². The molecule has 0 spiro atoms. The Bertz CT molecular complexity index is 1240. The second-order valence-electron chi connectivity index (χ2n) is 7.68. The maximum atomic E-state index is 12.8. The number of benzene rings is 3. The van der Waals surface area contributed by atoms with E-state index < -0.39 is 10.8 Å². The van der Waals surface area contributed by atoms with Crippen LogP contribution in [-0.4, -0.2) is 43.3 Å². The number of hydrazone groups is 1. The van der Waals surface area contributed by atoms with Gasteiger partial charge in [-0.1, -0.05) is 41.9 Å². The molecule has 0 saturated carbocycles. The normalized spacial score (nSPS) is 13.6. The summed E-state index contributed by atoms with van der Waals surface area (Å²) in [6.07, 6.45) is 1.41. The van der Waals surface area contributed by atoms with Crippen molar-refractivity contribution in [2.45, 2.75) is 6.61 Å². The highest BCUT2D eigenvalue weighted by molar-refractivity contribution is 6.31. The predicted octanol–water partition coefficient (Wildman–Crippen LogP) is 4.43. The monoisotopic (exact) mass is 494 g/mol. The number of halogens is 1. The first-order valence-electron chi connectivity index (χ1n) is 10.9. The van der Waals surface area contributed by atoms with Crippen LogP contribution in [0.3, 0.4) is 0 Å². The summed E-state index contributed by atoms with van der Waals surface area (Å²) in [6.45, 7) is 2.64. The minimum absolute atomic E-state index is 0.0619. The molecule has 1 N–H and O–H groups in total. The van der Waals surface area contributed by atoms with Gasteiger partial charge in [0.25, 0.3) is 11.6 Å². The quantitative estimate of drug-likeness (QED) is 0.282. The van der Waals surface area contributed by atoms with E-state index >= 15 is 0 Å².